The zero-order valence-electron chi connectivity index (χ0n) is 12.4. The van der Waals surface area contributed by atoms with Gasteiger partial charge in [0, 0.05) is 33.1 Å². The SMILES string of the molecule is CNC(=O)C1CC(=O)N(C2CN(C(=O)C3(C)COC3)C2)C1. The average Bonchev–Trinajstić information content (AvgIpc) is 2.75. The fourth-order valence-corrected chi connectivity index (χ4v) is 3.20. The van der Waals surface area contributed by atoms with Crippen molar-refractivity contribution in [3.8, 4) is 0 Å². The first-order chi connectivity index (χ1) is 9.94. The van der Waals surface area contributed by atoms with E-state index in [1.807, 2.05) is 6.92 Å². The molecule has 0 aromatic heterocycles. The van der Waals surface area contributed by atoms with E-state index in [1.165, 1.54) is 0 Å². The molecule has 3 rings (SSSR count). The number of carbonyl (C=O) groups is 3. The molecule has 7 nitrogen and oxygen atoms in total. The van der Waals surface area contributed by atoms with Crippen LogP contribution in [0.4, 0.5) is 0 Å². The Morgan fingerprint density at radius 1 is 1.29 bits per heavy atom. The van der Waals surface area contributed by atoms with Crippen molar-refractivity contribution in [3.05, 3.63) is 0 Å². The number of rotatable bonds is 3. The molecule has 3 heterocycles. The highest BCUT2D eigenvalue weighted by atomic mass is 16.5. The van der Waals surface area contributed by atoms with Crippen LogP contribution < -0.4 is 5.32 Å². The van der Waals surface area contributed by atoms with Gasteiger partial charge >= 0.3 is 0 Å². The quantitative estimate of drug-likeness (QED) is 0.711. The minimum Gasteiger partial charge on any atom is -0.379 e. The molecule has 7 heteroatoms. The molecule has 0 spiro atoms. The van der Waals surface area contributed by atoms with E-state index in [0.29, 0.717) is 32.8 Å². The first kappa shape index (κ1) is 14.3. The van der Waals surface area contributed by atoms with Gasteiger partial charge in [-0.1, -0.05) is 0 Å². The highest BCUT2D eigenvalue weighted by molar-refractivity contribution is 5.90. The van der Waals surface area contributed by atoms with Gasteiger partial charge in [-0.3, -0.25) is 14.4 Å². The second-order valence-corrected chi connectivity index (χ2v) is 6.48. The van der Waals surface area contributed by atoms with Crippen molar-refractivity contribution < 1.29 is 19.1 Å². The van der Waals surface area contributed by atoms with Crippen LogP contribution in [0.1, 0.15) is 13.3 Å². The standard InChI is InChI=1S/C14H21N3O4/c1-14(7-21-8-14)13(20)16-5-10(6-16)17-4-9(3-11(17)18)12(19)15-2/h9-10H,3-8H2,1-2H3,(H,15,19). The first-order valence-corrected chi connectivity index (χ1v) is 7.33. The molecule has 0 saturated carbocycles. The van der Waals surface area contributed by atoms with Crippen molar-refractivity contribution in [3.63, 3.8) is 0 Å². The first-order valence-electron chi connectivity index (χ1n) is 7.33. The largest absolute Gasteiger partial charge is 0.379 e. The van der Waals surface area contributed by atoms with E-state index in [2.05, 4.69) is 5.32 Å². The van der Waals surface area contributed by atoms with Crippen LogP contribution in [-0.2, 0) is 19.1 Å². The number of carbonyl (C=O) groups excluding carboxylic acids is 3. The number of hydrogen-bond acceptors (Lipinski definition) is 4. The molecule has 116 valence electrons. The van der Waals surface area contributed by atoms with Gasteiger partial charge in [0.1, 0.15) is 0 Å². The lowest BCUT2D eigenvalue weighted by Gasteiger charge is -2.49. The minimum absolute atomic E-state index is 0.0129. The third-order valence-electron chi connectivity index (χ3n) is 4.72. The summed E-state index contributed by atoms with van der Waals surface area (Å²) in [6.45, 7) is 4.48. The Morgan fingerprint density at radius 2 is 1.95 bits per heavy atom. The molecule has 21 heavy (non-hydrogen) atoms. The van der Waals surface area contributed by atoms with Crippen molar-refractivity contribution in [1.29, 1.82) is 0 Å². The van der Waals surface area contributed by atoms with E-state index in [9.17, 15) is 14.4 Å². The van der Waals surface area contributed by atoms with Crippen molar-refractivity contribution in [2.24, 2.45) is 11.3 Å². The zero-order chi connectivity index (χ0) is 15.2. The molecular weight excluding hydrogens is 274 g/mol. The number of nitrogens with zero attached hydrogens (tertiary/aromatic N) is 2. The summed E-state index contributed by atoms with van der Waals surface area (Å²) in [6, 6.07) is 0.0562. The number of ether oxygens (including phenoxy) is 1. The number of amides is 3. The van der Waals surface area contributed by atoms with Gasteiger partial charge < -0.3 is 19.9 Å². The van der Waals surface area contributed by atoms with E-state index in [-0.39, 0.29) is 41.5 Å². The van der Waals surface area contributed by atoms with E-state index in [1.54, 1.807) is 16.8 Å². The molecule has 0 aliphatic carbocycles. The Kier molecular flexibility index (Phi) is 3.39. The van der Waals surface area contributed by atoms with Gasteiger partial charge in [0.05, 0.1) is 30.6 Å². The minimum atomic E-state index is -0.384. The summed E-state index contributed by atoms with van der Waals surface area (Å²) >= 11 is 0. The predicted octanol–water partition coefficient (Wildman–Crippen LogP) is -1.17. The number of hydrogen-bond donors (Lipinski definition) is 1. The van der Waals surface area contributed by atoms with Crippen LogP contribution in [0, 0.1) is 11.3 Å². The number of nitrogens with one attached hydrogen (secondary N) is 1. The highest BCUT2D eigenvalue weighted by Gasteiger charge is 2.49. The van der Waals surface area contributed by atoms with Gasteiger partial charge in [0.2, 0.25) is 17.7 Å². The van der Waals surface area contributed by atoms with Gasteiger partial charge in [-0.25, -0.2) is 0 Å². The molecule has 3 fully saturated rings. The summed E-state index contributed by atoms with van der Waals surface area (Å²) in [5, 5.41) is 2.59. The molecule has 1 atom stereocenters. The maximum Gasteiger partial charge on any atom is 0.233 e. The molecule has 0 bridgehead atoms. The van der Waals surface area contributed by atoms with Gasteiger partial charge in [-0.2, -0.15) is 0 Å². The summed E-state index contributed by atoms with van der Waals surface area (Å²) in [7, 11) is 1.58. The topological polar surface area (TPSA) is 79.0 Å². The van der Waals surface area contributed by atoms with Crippen LogP contribution in [0.5, 0.6) is 0 Å². The van der Waals surface area contributed by atoms with E-state index in [0.717, 1.165) is 0 Å². The third-order valence-corrected chi connectivity index (χ3v) is 4.72. The van der Waals surface area contributed by atoms with Gasteiger partial charge in [0.25, 0.3) is 0 Å². The predicted molar refractivity (Wildman–Crippen MR) is 73.2 cm³/mol. The van der Waals surface area contributed by atoms with Gasteiger partial charge in [0.15, 0.2) is 0 Å². The summed E-state index contributed by atoms with van der Waals surface area (Å²) in [5.41, 5.74) is -0.384. The summed E-state index contributed by atoms with van der Waals surface area (Å²) in [6.07, 6.45) is 0.273. The van der Waals surface area contributed by atoms with Crippen LogP contribution in [0.2, 0.25) is 0 Å². The second kappa shape index (κ2) is 4.98. The van der Waals surface area contributed by atoms with Crippen molar-refractivity contribution >= 4 is 17.7 Å². The molecule has 1 N–H and O–H groups in total. The molecule has 3 aliphatic rings. The maximum atomic E-state index is 12.3. The molecule has 3 amide bonds. The fourth-order valence-electron chi connectivity index (χ4n) is 3.20. The number of likely N-dealkylation sites (tertiary alicyclic amines) is 2. The van der Waals surface area contributed by atoms with Crippen molar-refractivity contribution in [1.82, 2.24) is 15.1 Å². The molecule has 3 saturated heterocycles. The Morgan fingerprint density at radius 3 is 2.48 bits per heavy atom. The fraction of sp³-hybridized carbons (Fsp3) is 0.786. The van der Waals surface area contributed by atoms with Crippen molar-refractivity contribution in [2.45, 2.75) is 19.4 Å². The van der Waals surface area contributed by atoms with Crippen LogP contribution in [0.25, 0.3) is 0 Å². The summed E-state index contributed by atoms with van der Waals surface area (Å²) < 4.78 is 5.12. The Bertz CT molecular complexity index is 483. The Balaban J connectivity index is 1.53. The molecule has 0 aromatic carbocycles. The smallest absolute Gasteiger partial charge is 0.233 e. The molecular formula is C14H21N3O4. The van der Waals surface area contributed by atoms with Crippen molar-refractivity contribution in [2.75, 3.05) is 39.9 Å². The lowest BCUT2D eigenvalue weighted by Crippen LogP contribution is -2.66. The van der Waals surface area contributed by atoms with Crippen LogP contribution >= 0.6 is 0 Å². The van der Waals surface area contributed by atoms with E-state index < -0.39 is 0 Å². The lowest BCUT2D eigenvalue weighted by atomic mass is 9.85. The zero-order valence-corrected chi connectivity index (χ0v) is 12.4. The normalized spacial score (nSPS) is 28.1. The second-order valence-electron chi connectivity index (χ2n) is 6.48. The molecule has 0 aromatic rings. The summed E-state index contributed by atoms with van der Waals surface area (Å²) in [5.74, 6) is -0.222. The Labute approximate surface area is 123 Å². The highest BCUT2D eigenvalue weighted by Crippen LogP contribution is 2.32. The van der Waals surface area contributed by atoms with Crippen LogP contribution in [0.15, 0.2) is 0 Å². The Hall–Kier alpha value is -1.63. The van der Waals surface area contributed by atoms with E-state index in [4.69, 9.17) is 4.74 Å². The monoisotopic (exact) mass is 295 g/mol. The average molecular weight is 295 g/mol. The van der Waals surface area contributed by atoms with Gasteiger partial charge in [-0.05, 0) is 6.92 Å². The van der Waals surface area contributed by atoms with Crippen LogP contribution in [0.3, 0.4) is 0 Å². The maximum absolute atomic E-state index is 12.3. The third kappa shape index (κ3) is 2.29. The molecule has 1 unspecified atom stereocenters. The van der Waals surface area contributed by atoms with Crippen LogP contribution in [-0.4, -0.2) is 73.5 Å². The summed E-state index contributed by atoms with van der Waals surface area (Å²) in [4.78, 5) is 39.4. The molecule has 3 aliphatic heterocycles. The van der Waals surface area contributed by atoms with E-state index >= 15 is 0 Å². The lowest BCUT2D eigenvalue weighted by molar-refractivity contribution is -0.176. The molecule has 0 radical (unpaired) electrons. The van der Waals surface area contributed by atoms with Gasteiger partial charge in [-0.15, -0.1) is 0 Å².